The summed E-state index contributed by atoms with van der Waals surface area (Å²) in [6, 6.07) is 11.3. The Labute approximate surface area is 127 Å². The molecule has 2 bridgehead atoms. The Kier molecular flexibility index (Phi) is 4.03. The zero-order valence-corrected chi connectivity index (χ0v) is 13.2. The summed E-state index contributed by atoms with van der Waals surface area (Å²) in [5.74, 6) is 1.50. The van der Waals surface area contributed by atoms with E-state index in [1.807, 2.05) is 0 Å². The minimum atomic E-state index is -0.138. The zero-order chi connectivity index (χ0) is 15.0. The van der Waals surface area contributed by atoms with Gasteiger partial charge in [0.2, 0.25) is 0 Å². The Hall–Kier alpha value is -1.35. The molecule has 0 spiro atoms. The van der Waals surface area contributed by atoms with Crippen molar-refractivity contribution in [2.24, 2.45) is 11.8 Å². The van der Waals surface area contributed by atoms with Crippen LogP contribution in [0.3, 0.4) is 0 Å². The van der Waals surface area contributed by atoms with Crippen molar-refractivity contribution in [3.63, 3.8) is 0 Å². The molecule has 0 amide bonds. The van der Waals surface area contributed by atoms with Crippen LogP contribution in [0.5, 0.6) is 0 Å². The highest BCUT2D eigenvalue weighted by atomic mass is 16.5. The third kappa shape index (κ3) is 2.71. The van der Waals surface area contributed by atoms with Crippen molar-refractivity contribution < 1.29 is 9.53 Å². The van der Waals surface area contributed by atoms with Crippen LogP contribution in [-0.4, -0.2) is 37.1 Å². The normalized spacial score (nSPS) is 35.0. The van der Waals surface area contributed by atoms with Crippen molar-refractivity contribution in [2.75, 3.05) is 14.1 Å². The van der Waals surface area contributed by atoms with Crippen LogP contribution in [0, 0.1) is 11.8 Å². The van der Waals surface area contributed by atoms with Crippen LogP contribution < -0.4 is 0 Å². The van der Waals surface area contributed by atoms with Crippen LogP contribution in [0.15, 0.2) is 30.3 Å². The molecule has 0 aliphatic heterocycles. The molecule has 5 atom stereocenters. The van der Waals surface area contributed by atoms with Gasteiger partial charge in [-0.2, -0.15) is 0 Å². The van der Waals surface area contributed by atoms with Gasteiger partial charge in [0.15, 0.2) is 0 Å². The fourth-order valence-electron chi connectivity index (χ4n) is 4.64. The SMILES string of the molecule is CC(=O)O[C@@H]1C[C@@H]2CC[C@H]1[C@@H](N(C)C)[C@@H]2c1ccccc1. The number of fused-ring (bicyclic) bond motifs is 3. The zero-order valence-electron chi connectivity index (χ0n) is 13.2. The number of rotatable bonds is 3. The number of hydrogen-bond donors (Lipinski definition) is 0. The summed E-state index contributed by atoms with van der Waals surface area (Å²) in [4.78, 5) is 13.7. The van der Waals surface area contributed by atoms with Gasteiger partial charge in [-0.25, -0.2) is 0 Å². The van der Waals surface area contributed by atoms with Crippen molar-refractivity contribution in [3.05, 3.63) is 35.9 Å². The topological polar surface area (TPSA) is 29.5 Å². The molecule has 0 N–H and O–H groups in total. The molecular weight excluding hydrogens is 262 g/mol. The van der Waals surface area contributed by atoms with E-state index >= 15 is 0 Å². The lowest BCUT2D eigenvalue weighted by molar-refractivity contribution is -0.160. The van der Waals surface area contributed by atoms with E-state index in [2.05, 4.69) is 49.3 Å². The van der Waals surface area contributed by atoms with E-state index in [9.17, 15) is 4.79 Å². The maximum Gasteiger partial charge on any atom is 0.302 e. The summed E-state index contributed by atoms with van der Waals surface area (Å²) in [5, 5.41) is 0. The van der Waals surface area contributed by atoms with E-state index in [-0.39, 0.29) is 12.1 Å². The quantitative estimate of drug-likeness (QED) is 0.800. The summed E-state index contributed by atoms with van der Waals surface area (Å²) in [7, 11) is 4.32. The van der Waals surface area contributed by atoms with Crippen LogP contribution in [-0.2, 0) is 9.53 Å². The minimum Gasteiger partial charge on any atom is -0.462 e. The van der Waals surface area contributed by atoms with Crippen LogP contribution >= 0.6 is 0 Å². The first-order valence-corrected chi connectivity index (χ1v) is 7.96. The molecule has 3 aliphatic carbocycles. The average molecular weight is 287 g/mol. The predicted octanol–water partition coefficient (Wildman–Crippen LogP) is 3.06. The first kappa shape index (κ1) is 14.6. The molecule has 1 aromatic rings. The molecule has 21 heavy (non-hydrogen) atoms. The van der Waals surface area contributed by atoms with Crippen LogP contribution in [0.4, 0.5) is 0 Å². The maximum atomic E-state index is 11.4. The highest BCUT2D eigenvalue weighted by Crippen LogP contribution is 2.52. The van der Waals surface area contributed by atoms with Gasteiger partial charge in [0.25, 0.3) is 0 Å². The van der Waals surface area contributed by atoms with Crippen LogP contribution in [0.1, 0.15) is 37.7 Å². The fraction of sp³-hybridized carbons (Fsp3) is 0.611. The number of nitrogens with zero attached hydrogens (tertiary/aromatic N) is 1. The van der Waals surface area contributed by atoms with Gasteiger partial charge in [-0.15, -0.1) is 0 Å². The lowest BCUT2D eigenvalue weighted by Crippen LogP contribution is -2.56. The van der Waals surface area contributed by atoms with E-state index in [1.54, 1.807) is 0 Å². The van der Waals surface area contributed by atoms with Crippen molar-refractivity contribution in [1.29, 1.82) is 0 Å². The van der Waals surface area contributed by atoms with Gasteiger partial charge in [-0.1, -0.05) is 30.3 Å². The standard InChI is InChI=1S/C18H25NO2/c1-12(20)21-16-11-14-9-10-15(16)18(19(2)3)17(14)13-7-5-4-6-8-13/h4-8,14-18H,9-11H2,1-3H3/t14-,15+,16+,17+,18+/m0/s1. The van der Waals surface area contributed by atoms with Gasteiger partial charge in [0.1, 0.15) is 6.10 Å². The molecular formula is C18H25NO2. The molecule has 3 aliphatic rings. The van der Waals surface area contributed by atoms with Gasteiger partial charge in [0.05, 0.1) is 0 Å². The molecule has 0 saturated heterocycles. The molecule has 3 nitrogen and oxygen atoms in total. The Bertz CT molecular complexity index is 499. The van der Waals surface area contributed by atoms with Gasteiger partial charge in [-0.05, 0) is 44.8 Å². The summed E-state index contributed by atoms with van der Waals surface area (Å²) < 4.78 is 5.62. The number of likely N-dealkylation sites (N-methyl/N-ethyl adjacent to an activating group) is 1. The number of benzene rings is 1. The number of esters is 1. The lowest BCUT2D eigenvalue weighted by Gasteiger charge is -2.54. The molecule has 0 heterocycles. The van der Waals surface area contributed by atoms with E-state index in [1.165, 1.54) is 25.3 Å². The Morgan fingerprint density at radius 1 is 1.19 bits per heavy atom. The molecule has 3 saturated carbocycles. The highest BCUT2D eigenvalue weighted by molar-refractivity contribution is 5.66. The first-order chi connectivity index (χ1) is 10.1. The molecule has 3 fully saturated rings. The Morgan fingerprint density at radius 3 is 2.52 bits per heavy atom. The minimum absolute atomic E-state index is 0.105. The largest absolute Gasteiger partial charge is 0.462 e. The lowest BCUT2D eigenvalue weighted by atomic mass is 9.58. The first-order valence-electron chi connectivity index (χ1n) is 7.96. The molecule has 1 aromatic carbocycles. The molecule has 3 heteroatoms. The summed E-state index contributed by atoms with van der Waals surface area (Å²) in [6.45, 7) is 1.53. The van der Waals surface area contributed by atoms with Gasteiger partial charge in [-0.3, -0.25) is 4.79 Å². The second kappa shape index (κ2) is 5.80. The number of carbonyl (C=O) groups excluding carboxylic acids is 1. The fourth-order valence-corrected chi connectivity index (χ4v) is 4.64. The van der Waals surface area contributed by atoms with Crippen molar-refractivity contribution >= 4 is 5.97 Å². The van der Waals surface area contributed by atoms with E-state index in [4.69, 9.17) is 4.74 Å². The summed E-state index contributed by atoms with van der Waals surface area (Å²) >= 11 is 0. The molecule has 114 valence electrons. The summed E-state index contributed by atoms with van der Waals surface area (Å²) in [5.41, 5.74) is 1.44. The van der Waals surface area contributed by atoms with Gasteiger partial charge < -0.3 is 9.64 Å². The molecule has 4 rings (SSSR count). The second-order valence-corrected chi connectivity index (χ2v) is 6.78. The van der Waals surface area contributed by atoms with Crippen molar-refractivity contribution in [1.82, 2.24) is 4.90 Å². The molecule has 0 aromatic heterocycles. The van der Waals surface area contributed by atoms with Crippen molar-refractivity contribution in [3.8, 4) is 0 Å². The third-order valence-electron chi connectivity index (χ3n) is 5.30. The third-order valence-corrected chi connectivity index (χ3v) is 5.30. The molecule has 0 radical (unpaired) electrons. The van der Waals surface area contributed by atoms with Gasteiger partial charge in [0, 0.05) is 24.8 Å². The smallest absolute Gasteiger partial charge is 0.302 e. The molecule has 0 unspecified atom stereocenters. The van der Waals surface area contributed by atoms with Crippen molar-refractivity contribution in [2.45, 2.75) is 44.2 Å². The van der Waals surface area contributed by atoms with E-state index < -0.39 is 0 Å². The average Bonchev–Trinajstić information content (AvgIpc) is 2.47. The maximum absolute atomic E-state index is 11.4. The van der Waals surface area contributed by atoms with E-state index in [0.717, 1.165) is 6.42 Å². The van der Waals surface area contributed by atoms with E-state index in [0.29, 0.717) is 23.8 Å². The summed E-state index contributed by atoms with van der Waals surface area (Å²) in [6.07, 6.45) is 3.56. The Morgan fingerprint density at radius 2 is 1.90 bits per heavy atom. The number of ether oxygens (including phenoxy) is 1. The van der Waals surface area contributed by atoms with Crippen LogP contribution in [0.2, 0.25) is 0 Å². The monoisotopic (exact) mass is 287 g/mol. The highest BCUT2D eigenvalue weighted by Gasteiger charge is 2.51. The number of carbonyl (C=O) groups is 1. The Balaban J connectivity index is 1.91. The predicted molar refractivity (Wildman–Crippen MR) is 83.0 cm³/mol. The second-order valence-electron chi connectivity index (χ2n) is 6.78. The number of hydrogen-bond acceptors (Lipinski definition) is 3. The van der Waals surface area contributed by atoms with Gasteiger partial charge >= 0.3 is 5.97 Å². The van der Waals surface area contributed by atoms with Crippen LogP contribution in [0.25, 0.3) is 0 Å².